The predicted molar refractivity (Wildman–Crippen MR) is 77.6 cm³/mol. The molecule has 20 heavy (non-hydrogen) atoms. The molecule has 0 amide bonds. The van der Waals surface area contributed by atoms with Crippen LogP contribution >= 0.6 is 0 Å². The predicted octanol–water partition coefficient (Wildman–Crippen LogP) is 1.87. The summed E-state index contributed by atoms with van der Waals surface area (Å²) in [6.07, 6.45) is 6.26. The first-order chi connectivity index (χ1) is 9.76. The Morgan fingerprint density at radius 2 is 2.20 bits per heavy atom. The fourth-order valence-electron chi connectivity index (χ4n) is 3.66. The first kappa shape index (κ1) is 14.0. The first-order valence-electron chi connectivity index (χ1n) is 8.03. The smallest absolute Gasteiger partial charge is 0.227 e. The van der Waals surface area contributed by atoms with Crippen LogP contribution in [0.15, 0.2) is 4.52 Å². The molecule has 0 aromatic carbocycles. The number of rotatable bonds is 4. The lowest BCUT2D eigenvalue weighted by Crippen LogP contribution is -2.59. The van der Waals surface area contributed by atoms with Crippen LogP contribution in [0.2, 0.25) is 0 Å². The van der Waals surface area contributed by atoms with Gasteiger partial charge in [0.05, 0.1) is 0 Å². The average molecular weight is 278 g/mol. The van der Waals surface area contributed by atoms with Gasteiger partial charge in [-0.25, -0.2) is 0 Å². The Morgan fingerprint density at radius 3 is 2.95 bits per heavy atom. The Morgan fingerprint density at radius 1 is 1.30 bits per heavy atom. The highest BCUT2D eigenvalue weighted by Crippen LogP contribution is 2.25. The second kappa shape index (κ2) is 6.22. The van der Waals surface area contributed by atoms with Gasteiger partial charge in [-0.05, 0) is 32.7 Å². The molecule has 0 bridgehead atoms. The molecule has 2 fully saturated rings. The molecule has 1 aromatic heterocycles. The summed E-state index contributed by atoms with van der Waals surface area (Å²) in [5, 5.41) is 3.87. The van der Waals surface area contributed by atoms with Crippen molar-refractivity contribution in [2.75, 3.05) is 26.2 Å². The van der Waals surface area contributed by atoms with Gasteiger partial charge in [-0.1, -0.05) is 18.5 Å². The van der Waals surface area contributed by atoms with E-state index in [0.29, 0.717) is 6.04 Å². The van der Waals surface area contributed by atoms with Gasteiger partial charge in [0.15, 0.2) is 5.82 Å². The maximum atomic E-state index is 5.23. The van der Waals surface area contributed by atoms with Crippen LogP contribution in [-0.4, -0.2) is 58.2 Å². The minimum absolute atomic E-state index is 0.688. The Kier molecular flexibility index (Phi) is 4.36. The molecule has 112 valence electrons. The highest BCUT2D eigenvalue weighted by molar-refractivity contribution is 4.92. The zero-order chi connectivity index (χ0) is 13.9. The number of hydrogen-bond acceptors (Lipinski definition) is 5. The van der Waals surface area contributed by atoms with Crippen LogP contribution in [0.4, 0.5) is 0 Å². The first-order valence-corrected chi connectivity index (χ1v) is 8.03. The molecule has 2 atom stereocenters. The van der Waals surface area contributed by atoms with Crippen LogP contribution in [0.25, 0.3) is 0 Å². The second-order valence-corrected chi connectivity index (χ2v) is 6.19. The zero-order valence-electron chi connectivity index (χ0n) is 12.7. The summed E-state index contributed by atoms with van der Waals surface area (Å²) in [5.41, 5.74) is 0. The Balaban J connectivity index is 1.58. The van der Waals surface area contributed by atoms with E-state index in [1.54, 1.807) is 0 Å². The second-order valence-electron chi connectivity index (χ2n) is 6.19. The molecule has 0 aliphatic carbocycles. The van der Waals surface area contributed by atoms with Crippen LogP contribution in [0, 0.1) is 6.92 Å². The summed E-state index contributed by atoms with van der Waals surface area (Å²) in [6, 6.07) is 1.46. The summed E-state index contributed by atoms with van der Waals surface area (Å²) in [5.74, 6) is 1.52. The lowest BCUT2D eigenvalue weighted by atomic mass is 9.95. The summed E-state index contributed by atoms with van der Waals surface area (Å²) in [6.45, 7) is 8.99. The van der Waals surface area contributed by atoms with Crippen molar-refractivity contribution in [2.24, 2.45) is 0 Å². The maximum absolute atomic E-state index is 5.23. The lowest BCUT2D eigenvalue weighted by molar-refractivity contribution is 0.00740. The molecule has 2 saturated heterocycles. The molecule has 5 nitrogen and oxygen atoms in total. The van der Waals surface area contributed by atoms with Gasteiger partial charge < -0.3 is 4.52 Å². The minimum atomic E-state index is 0.688. The van der Waals surface area contributed by atoms with Gasteiger partial charge in [-0.2, -0.15) is 4.98 Å². The molecule has 0 saturated carbocycles. The third-order valence-corrected chi connectivity index (χ3v) is 4.81. The summed E-state index contributed by atoms with van der Waals surface area (Å²) in [4.78, 5) is 9.67. The van der Waals surface area contributed by atoms with Crippen LogP contribution in [-0.2, 0) is 6.42 Å². The van der Waals surface area contributed by atoms with Crippen LogP contribution in [0.3, 0.4) is 0 Å². The molecule has 0 radical (unpaired) electrons. The van der Waals surface area contributed by atoms with Gasteiger partial charge in [0, 0.05) is 38.1 Å². The van der Waals surface area contributed by atoms with E-state index in [-0.39, 0.29) is 0 Å². The van der Waals surface area contributed by atoms with Crippen molar-refractivity contribution < 1.29 is 4.52 Å². The van der Waals surface area contributed by atoms with E-state index < -0.39 is 0 Å². The van der Waals surface area contributed by atoms with E-state index in [9.17, 15) is 0 Å². The monoisotopic (exact) mass is 278 g/mol. The number of nitrogens with zero attached hydrogens (tertiary/aromatic N) is 4. The molecule has 3 heterocycles. The van der Waals surface area contributed by atoms with Crippen molar-refractivity contribution in [3.63, 3.8) is 0 Å². The highest BCUT2D eigenvalue weighted by Gasteiger charge is 2.33. The molecule has 0 spiro atoms. The number of aromatic nitrogens is 2. The van der Waals surface area contributed by atoms with Crippen molar-refractivity contribution in [1.29, 1.82) is 0 Å². The fraction of sp³-hybridized carbons (Fsp3) is 0.867. The molecule has 5 heteroatoms. The van der Waals surface area contributed by atoms with Crippen molar-refractivity contribution >= 4 is 0 Å². The van der Waals surface area contributed by atoms with E-state index in [1.165, 1.54) is 45.3 Å². The third kappa shape index (κ3) is 3.04. The van der Waals surface area contributed by atoms with Crippen molar-refractivity contribution in [3.8, 4) is 0 Å². The highest BCUT2D eigenvalue weighted by atomic mass is 16.5. The summed E-state index contributed by atoms with van der Waals surface area (Å²) in [7, 11) is 0. The van der Waals surface area contributed by atoms with E-state index in [1.807, 2.05) is 6.92 Å². The zero-order valence-corrected chi connectivity index (χ0v) is 12.7. The summed E-state index contributed by atoms with van der Waals surface area (Å²) < 4.78 is 5.23. The Labute approximate surface area is 121 Å². The molecule has 0 N–H and O–H groups in total. The average Bonchev–Trinajstić information content (AvgIpc) is 2.89. The molecule has 1 aromatic rings. The maximum Gasteiger partial charge on any atom is 0.227 e. The minimum Gasteiger partial charge on any atom is -0.339 e. The number of fused-ring (bicyclic) bond motifs is 1. The lowest BCUT2D eigenvalue weighted by Gasteiger charge is -2.48. The fourth-order valence-corrected chi connectivity index (χ4v) is 3.66. The van der Waals surface area contributed by atoms with Crippen LogP contribution in [0.5, 0.6) is 0 Å². The molecular weight excluding hydrogens is 252 g/mol. The molecule has 2 unspecified atom stereocenters. The van der Waals surface area contributed by atoms with Crippen molar-refractivity contribution in [1.82, 2.24) is 19.9 Å². The summed E-state index contributed by atoms with van der Waals surface area (Å²) >= 11 is 0. The number of hydrogen-bond donors (Lipinski definition) is 0. The van der Waals surface area contributed by atoms with E-state index in [0.717, 1.165) is 30.7 Å². The quantitative estimate of drug-likeness (QED) is 0.841. The van der Waals surface area contributed by atoms with Gasteiger partial charge in [0.2, 0.25) is 5.89 Å². The van der Waals surface area contributed by atoms with Crippen molar-refractivity contribution in [3.05, 3.63) is 11.7 Å². The van der Waals surface area contributed by atoms with Gasteiger partial charge in [-0.3, -0.25) is 9.80 Å². The molecule has 2 aliphatic rings. The number of piperazine rings is 1. The van der Waals surface area contributed by atoms with E-state index >= 15 is 0 Å². The molecule has 3 rings (SSSR count). The number of piperidine rings is 1. The topological polar surface area (TPSA) is 45.4 Å². The third-order valence-electron chi connectivity index (χ3n) is 4.81. The molecule has 2 aliphatic heterocycles. The van der Waals surface area contributed by atoms with Crippen LogP contribution in [0.1, 0.15) is 44.3 Å². The normalized spacial score (nSPS) is 28.5. The van der Waals surface area contributed by atoms with Gasteiger partial charge in [0.1, 0.15) is 0 Å². The van der Waals surface area contributed by atoms with Crippen LogP contribution < -0.4 is 0 Å². The molecular formula is C15H26N4O. The number of aryl methyl sites for hydroxylation is 1. The largest absolute Gasteiger partial charge is 0.339 e. The SMILES string of the molecule is CCC1CN2CCCCC2CN1CCc1nc(C)no1. The van der Waals surface area contributed by atoms with Gasteiger partial charge in [-0.15, -0.1) is 0 Å². The van der Waals surface area contributed by atoms with Gasteiger partial charge in [0.25, 0.3) is 0 Å². The standard InChI is InChI=1S/C15H26N4O/c1-3-13-10-18-8-5-4-6-14(18)11-19(13)9-7-15-16-12(2)17-20-15/h13-14H,3-11H2,1-2H3. The Hall–Kier alpha value is -0.940. The van der Waals surface area contributed by atoms with Crippen molar-refractivity contribution in [2.45, 2.75) is 58.0 Å². The van der Waals surface area contributed by atoms with E-state index in [4.69, 9.17) is 4.52 Å². The Bertz CT molecular complexity index is 433. The van der Waals surface area contributed by atoms with Gasteiger partial charge >= 0.3 is 0 Å². The van der Waals surface area contributed by atoms with E-state index in [2.05, 4.69) is 26.9 Å².